The Morgan fingerprint density at radius 2 is 1.76 bits per heavy atom. The average Bonchev–Trinajstić information content (AvgIpc) is 2.48. The molecule has 0 aromatic heterocycles. The molecule has 0 saturated carbocycles. The molecule has 6 nitrogen and oxygen atoms in total. The number of carbonyl (C=O) groups is 1. The second kappa shape index (κ2) is 7.02. The zero-order valence-corrected chi connectivity index (χ0v) is 12.9. The van der Waals surface area contributed by atoms with Gasteiger partial charge in [0.25, 0.3) is 11.6 Å². The van der Waals surface area contributed by atoms with Crippen LogP contribution in [-0.2, 0) is 4.79 Å². The molecule has 2 aromatic rings. The predicted octanol–water partition coefficient (Wildman–Crippen LogP) is 3.22. The number of carbonyl (C=O) groups excluding carboxylic acids is 1. The van der Waals surface area contributed by atoms with Gasteiger partial charge >= 0.3 is 0 Å². The fraction of sp³-hybridized carbons (Fsp3) is 0.0714. The summed E-state index contributed by atoms with van der Waals surface area (Å²) in [5.74, 6) is 0.105. The van der Waals surface area contributed by atoms with Crippen LogP contribution in [0.5, 0.6) is 5.75 Å². The van der Waals surface area contributed by atoms with Crippen molar-refractivity contribution in [2.24, 2.45) is 0 Å². The lowest BCUT2D eigenvalue weighted by Crippen LogP contribution is -2.20. The zero-order valence-electron chi connectivity index (χ0n) is 10.8. The molecule has 0 atom stereocenters. The molecule has 0 fully saturated rings. The number of rotatable bonds is 5. The Balaban J connectivity index is 1.86. The van der Waals surface area contributed by atoms with E-state index in [-0.39, 0.29) is 18.2 Å². The highest BCUT2D eigenvalue weighted by Gasteiger charge is 2.06. The van der Waals surface area contributed by atoms with Gasteiger partial charge in [-0.2, -0.15) is 0 Å². The molecule has 7 heteroatoms. The molecule has 21 heavy (non-hydrogen) atoms. The number of amides is 1. The quantitative estimate of drug-likeness (QED) is 0.477. The first-order chi connectivity index (χ1) is 10.0. The minimum atomic E-state index is -0.493. The van der Waals surface area contributed by atoms with Crippen LogP contribution in [0.4, 0.5) is 11.4 Å². The van der Waals surface area contributed by atoms with Crippen molar-refractivity contribution in [2.75, 3.05) is 11.9 Å². The van der Waals surface area contributed by atoms with E-state index in [1.54, 1.807) is 12.1 Å². The number of nitro groups is 1. The second-order valence-electron chi connectivity index (χ2n) is 4.09. The van der Waals surface area contributed by atoms with Crippen LogP contribution in [0, 0.1) is 13.7 Å². The van der Waals surface area contributed by atoms with E-state index in [0.717, 1.165) is 3.57 Å². The van der Waals surface area contributed by atoms with Crippen molar-refractivity contribution < 1.29 is 14.5 Å². The highest BCUT2D eigenvalue weighted by atomic mass is 127. The molecule has 2 rings (SSSR count). The third-order valence-electron chi connectivity index (χ3n) is 2.55. The number of benzene rings is 2. The highest BCUT2D eigenvalue weighted by Crippen LogP contribution is 2.17. The lowest BCUT2D eigenvalue weighted by atomic mass is 10.3. The van der Waals surface area contributed by atoms with Crippen LogP contribution < -0.4 is 10.1 Å². The molecular formula is C14H11IN2O4. The Hall–Kier alpha value is -2.16. The van der Waals surface area contributed by atoms with Crippen molar-refractivity contribution in [1.82, 2.24) is 0 Å². The number of anilines is 1. The van der Waals surface area contributed by atoms with Crippen molar-refractivity contribution in [3.63, 3.8) is 0 Å². The molecule has 0 radical (unpaired) electrons. The number of nitrogens with zero attached hydrogens (tertiary/aromatic N) is 1. The van der Waals surface area contributed by atoms with Crippen LogP contribution >= 0.6 is 22.6 Å². The SMILES string of the molecule is O=C(COc1ccc([N+](=O)[O-])cc1)Nc1ccc(I)cc1. The topological polar surface area (TPSA) is 81.5 Å². The Kier molecular flexibility index (Phi) is 5.09. The molecule has 0 aliphatic carbocycles. The first-order valence-corrected chi connectivity index (χ1v) is 7.05. The van der Waals surface area contributed by atoms with Crippen LogP contribution in [-0.4, -0.2) is 17.4 Å². The van der Waals surface area contributed by atoms with Crippen molar-refractivity contribution in [3.8, 4) is 5.75 Å². The third-order valence-corrected chi connectivity index (χ3v) is 3.26. The van der Waals surface area contributed by atoms with Crippen molar-refractivity contribution in [3.05, 3.63) is 62.2 Å². The van der Waals surface area contributed by atoms with Gasteiger partial charge in [0.2, 0.25) is 0 Å². The van der Waals surface area contributed by atoms with Crippen LogP contribution in [0.3, 0.4) is 0 Å². The molecule has 108 valence electrons. The van der Waals surface area contributed by atoms with E-state index < -0.39 is 4.92 Å². The lowest BCUT2D eigenvalue weighted by molar-refractivity contribution is -0.384. The van der Waals surface area contributed by atoms with E-state index in [2.05, 4.69) is 27.9 Å². The van der Waals surface area contributed by atoms with Gasteiger partial charge in [0, 0.05) is 21.4 Å². The number of non-ortho nitro benzene ring substituents is 1. The van der Waals surface area contributed by atoms with E-state index >= 15 is 0 Å². The standard InChI is InChI=1S/C14H11IN2O4/c15-10-1-3-11(4-2-10)16-14(18)9-21-13-7-5-12(6-8-13)17(19)20/h1-8H,9H2,(H,16,18). The van der Waals surface area contributed by atoms with E-state index in [1.165, 1.54) is 24.3 Å². The normalized spacial score (nSPS) is 9.95. The molecule has 0 unspecified atom stereocenters. The molecule has 0 saturated heterocycles. The summed E-state index contributed by atoms with van der Waals surface area (Å²) in [5, 5.41) is 13.2. The number of nitrogens with one attached hydrogen (secondary N) is 1. The van der Waals surface area contributed by atoms with E-state index in [1.807, 2.05) is 12.1 Å². The van der Waals surface area contributed by atoms with E-state index in [9.17, 15) is 14.9 Å². The molecule has 0 bridgehead atoms. The molecule has 1 amide bonds. The summed E-state index contributed by atoms with van der Waals surface area (Å²) >= 11 is 2.18. The Morgan fingerprint density at radius 1 is 1.14 bits per heavy atom. The van der Waals surface area contributed by atoms with Crippen molar-refractivity contribution in [2.45, 2.75) is 0 Å². The van der Waals surface area contributed by atoms with Gasteiger partial charge in [-0.1, -0.05) is 0 Å². The summed E-state index contributed by atoms with van der Waals surface area (Å²) in [6, 6.07) is 12.9. The molecule has 0 aliphatic rings. The first kappa shape index (κ1) is 15.2. The maximum absolute atomic E-state index is 11.7. The number of halogens is 1. The fourth-order valence-electron chi connectivity index (χ4n) is 1.54. The predicted molar refractivity (Wildman–Crippen MR) is 86.4 cm³/mol. The Labute approximate surface area is 134 Å². The summed E-state index contributed by atoms with van der Waals surface area (Å²) in [5.41, 5.74) is 0.665. The van der Waals surface area contributed by atoms with Gasteiger partial charge in [-0.3, -0.25) is 14.9 Å². The first-order valence-electron chi connectivity index (χ1n) is 5.97. The Bertz CT molecular complexity index is 641. The molecule has 2 aromatic carbocycles. The van der Waals surface area contributed by atoms with Gasteiger partial charge in [-0.15, -0.1) is 0 Å². The monoisotopic (exact) mass is 398 g/mol. The smallest absolute Gasteiger partial charge is 0.269 e. The summed E-state index contributed by atoms with van der Waals surface area (Å²) in [7, 11) is 0. The summed E-state index contributed by atoms with van der Waals surface area (Å²) in [6.45, 7) is -0.163. The van der Waals surface area contributed by atoms with Crippen molar-refractivity contribution in [1.29, 1.82) is 0 Å². The van der Waals surface area contributed by atoms with Crippen LogP contribution in [0.25, 0.3) is 0 Å². The molecule has 0 aliphatic heterocycles. The van der Waals surface area contributed by atoms with Gasteiger partial charge in [-0.05, 0) is 59.0 Å². The van der Waals surface area contributed by atoms with E-state index in [4.69, 9.17) is 4.74 Å². The van der Waals surface area contributed by atoms with Gasteiger partial charge in [0.15, 0.2) is 6.61 Å². The highest BCUT2D eigenvalue weighted by molar-refractivity contribution is 14.1. The number of nitro benzene ring substituents is 1. The maximum Gasteiger partial charge on any atom is 0.269 e. The summed E-state index contributed by atoms with van der Waals surface area (Å²) < 4.78 is 6.34. The average molecular weight is 398 g/mol. The number of ether oxygens (including phenoxy) is 1. The van der Waals surface area contributed by atoms with Gasteiger partial charge < -0.3 is 10.1 Å². The second-order valence-corrected chi connectivity index (χ2v) is 5.34. The summed E-state index contributed by atoms with van der Waals surface area (Å²) in [6.07, 6.45) is 0. The number of hydrogen-bond donors (Lipinski definition) is 1. The third kappa shape index (κ3) is 4.71. The fourth-order valence-corrected chi connectivity index (χ4v) is 1.90. The molecule has 0 heterocycles. The Morgan fingerprint density at radius 3 is 2.33 bits per heavy atom. The van der Waals surface area contributed by atoms with Crippen LogP contribution in [0.1, 0.15) is 0 Å². The van der Waals surface area contributed by atoms with Crippen LogP contribution in [0.2, 0.25) is 0 Å². The largest absolute Gasteiger partial charge is 0.484 e. The summed E-state index contributed by atoms with van der Waals surface area (Å²) in [4.78, 5) is 21.7. The van der Waals surface area contributed by atoms with Gasteiger partial charge in [-0.25, -0.2) is 0 Å². The number of hydrogen-bond acceptors (Lipinski definition) is 4. The zero-order chi connectivity index (χ0) is 15.2. The molecule has 1 N–H and O–H groups in total. The van der Waals surface area contributed by atoms with Gasteiger partial charge in [0.1, 0.15) is 5.75 Å². The van der Waals surface area contributed by atoms with Crippen LogP contribution in [0.15, 0.2) is 48.5 Å². The van der Waals surface area contributed by atoms with Crippen molar-refractivity contribution >= 4 is 39.9 Å². The lowest BCUT2D eigenvalue weighted by Gasteiger charge is -2.07. The van der Waals surface area contributed by atoms with E-state index in [0.29, 0.717) is 11.4 Å². The minimum Gasteiger partial charge on any atom is -0.484 e. The van der Waals surface area contributed by atoms with Gasteiger partial charge in [0.05, 0.1) is 4.92 Å². The minimum absolute atomic E-state index is 0.0225. The molecule has 0 spiro atoms. The molecular weight excluding hydrogens is 387 g/mol. The maximum atomic E-state index is 11.7.